The van der Waals surface area contributed by atoms with Gasteiger partial charge in [0, 0.05) is 43.3 Å². The summed E-state index contributed by atoms with van der Waals surface area (Å²) in [6.07, 6.45) is 1.48. The molecule has 200 valence electrons. The number of methoxy groups -OCH3 is 1. The number of carbonyl (C=O) groups excluding carboxylic acids is 2. The van der Waals surface area contributed by atoms with Gasteiger partial charge in [-0.2, -0.15) is 0 Å². The molecule has 1 saturated heterocycles. The van der Waals surface area contributed by atoms with E-state index in [0.29, 0.717) is 31.6 Å². The number of halogens is 1. The van der Waals surface area contributed by atoms with Crippen molar-refractivity contribution >= 4 is 17.6 Å². The van der Waals surface area contributed by atoms with Crippen LogP contribution in [0.5, 0.6) is 5.75 Å². The summed E-state index contributed by atoms with van der Waals surface area (Å²) in [5.41, 5.74) is 2.06. The molecule has 1 aliphatic heterocycles. The van der Waals surface area contributed by atoms with Gasteiger partial charge in [0.25, 0.3) is 5.91 Å². The lowest BCUT2D eigenvalue weighted by Gasteiger charge is -2.31. The molecule has 2 amide bonds. The monoisotopic (exact) mass is 519 g/mol. The van der Waals surface area contributed by atoms with Gasteiger partial charge in [0.05, 0.1) is 12.8 Å². The Balaban J connectivity index is 1.39. The van der Waals surface area contributed by atoms with E-state index in [1.54, 1.807) is 12.0 Å². The minimum Gasteiger partial charge on any atom is -0.497 e. The second-order valence-electron chi connectivity index (χ2n) is 9.43. The second-order valence-corrected chi connectivity index (χ2v) is 9.43. The first-order valence-electron chi connectivity index (χ1n) is 13.0. The fourth-order valence-electron chi connectivity index (χ4n) is 4.48. The summed E-state index contributed by atoms with van der Waals surface area (Å²) in [6.45, 7) is 6.38. The van der Waals surface area contributed by atoms with Gasteiger partial charge in [-0.15, -0.1) is 10.2 Å². The first-order valence-corrected chi connectivity index (χ1v) is 13.0. The predicted octanol–water partition coefficient (Wildman–Crippen LogP) is 4.27. The third-order valence-corrected chi connectivity index (χ3v) is 6.97. The molecule has 1 aromatic heterocycles. The second kappa shape index (κ2) is 12.5. The molecule has 0 aliphatic carbocycles. The Morgan fingerprint density at radius 2 is 1.82 bits per heavy atom. The summed E-state index contributed by atoms with van der Waals surface area (Å²) < 4.78 is 18.6. The van der Waals surface area contributed by atoms with E-state index in [1.165, 1.54) is 24.3 Å². The molecule has 0 radical (unpaired) electrons. The molecular weight excluding hydrogens is 485 g/mol. The molecule has 2 aromatic carbocycles. The summed E-state index contributed by atoms with van der Waals surface area (Å²) in [7, 11) is 1.63. The third kappa shape index (κ3) is 6.45. The highest BCUT2D eigenvalue weighted by Gasteiger charge is 2.27. The van der Waals surface area contributed by atoms with Crippen molar-refractivity contribution in [1.82, 2.24) is 20.0 Å². The Morgan fingerprint density at radius 3 is 2.50 bits per heavy atom. The van der Waals surface area contributed by atoms with Gasteiger partial charge in [0.1, 0.15) is 18.1 Å². The molecule has 1 fully saturated rings. The van der Waals surface area contributed by atoms with E-state index in [9.17, 15) is 14.0 Å². The number of ether oxygens (including phenoxy) is 1. The maximum Gasteiger partial charge on any atom is 0.254 e. The molecule has 9 heteroatoms. The van der Waals surface area contributed by atoms with E-state index in [4.69, 9.17) is 4.74 Å². The lowest BCUT2D eigenvalue weighted by atomic mass is 10.1. The molecule has 38 heavy (non-hydrogen) atoms. The molecule has 2 heterocycles. The van der Waals surface area contributed by atoms with Crippen LogP contribution in [0, 0.1) is 5.82 Å². The van der Waals surface area contributed by atoms with Crippen molar-refractivity contribution < 1.29 is 18.7 Å². The smallest absolute Gasteiger partial charge is 0.254 e. The van der Waals surface area contributed by atoms with E-state index in [1.807, 2.05) is 55.1 Å². The van der Waals surface area contributed by atoms with Gasteiger partial charge in [-0.05, 0) is 68.3 Å². The Kier molecular flexibility index (Phi) is 8.89. The largest absolute Gasteiger partial charge is 0.497 e. The molecular formula is C29H34FN5O3. The first-order chi connectivity index (χ1) is 18.4. The van der Waals surface area contributed by atoms with Crippen LogP contribution in [0.4, 0.5) is 10.2 Å². The zero-order valence-corrected chi connectivity index (χ0v) is 22.1. The number of benzene rings is 2. The van der Waals surface area contributed by atoms with Crippen LogP contribution in [0.1, 0.15) is 37.0 Å². The summed E-state index contributed by atoms with van der Waals surface area (Å²) >= 11 is 0. The van der Waals surface area contributed by atoms with Gasteiger partial charge in [0.2, 0.25) is 5.91 Å². The van der Waals surface area contributed by atoms with Gasteiger partial charge >= 0.3 is 0 Å². The Bertz CT molecular complexity index is 1240. The molecule has 0 spiro atoms. The van der Waals surface area contributed by atoms with Gasteiger partial charge in [-0.3, -0.25) is 9.59 Å². The van der Waals surface area contributed by atoms with Crippen molar-refractivity contribution in [2.75, 3.05) is 44.7 Å². The van der Waals surface area contributed by atoms with E-state index in [0.717, 1.165) is 35.8 Å². The Hall–Kier alpha value is -4.01. The molecule has 3 aromatic rings. The number of hydrogen-bond donors (Lipinski definition) is 0. The lowest BCUT2D eigenvalue weighted by molar-refractivity contribution is -0.132. The average molecular weight is 520 g/mol. The van der Waals surface area contributed by atoms with E-state index in [2.05, 4.69) is 15.1 Å². The van der Waals surface area contributed by atoms with E-state index in [-0.39, 0.29) is 24.4 Å². The van der Waals surface area contributed by atoms with Crippen molar-refractivity contribution in [2.45, 2.75) is 32.7 Å². The van der Waals surface area contributed by atoms with Crippen LogP contribution < -0.4 is 9.64 Å². The fraction of sp³-hybridized carbons (Fsp3) is 0.379. The van der Waals surface area contributed by atoms with E-state index >= 15 is 0 Å². The van der Waals surface area contributed by atoms with Crippen molar-refractivity contribution in [1.29, 1.82) is 0 Å². The van der Waals surface area contributed by atoms with Gasteiger partial charge in [-0.25, -0.2) is 4.39 Å². The topological polar surface area (TPSA) is 78.9 Å². The normalized spacial score (nSPS) is 14.5. The number of carbonyl (C=O) groups is 2. The van der Waals surface area contributed by atoms with Crippen LogP contribution in [0.2, 0.25) is 0 Å². The van der Waals surface area contributed by atoms with Crippen molar-refractivity contribution in [3.05, 3.63) is 72.0 Å². The molecule has 1 unspecified atom stereocenters. The zero-order chi connectivity index (χ0) is 27.1. The summed E-state index contributed by atoms with van der Waals surface area (Å²) in [5, 5.41) is 8.85. The number of amides is 2. The molecule has 1 atom stereocenters. The Morgan fingerprint density at radius 1 is 1.03 bits per heavy atom. The fourth-order valence-corrected chi connectivity index (χ4v) is 4.48. The molecule has 4 rings (SSSR count). The van der Waals surface area contributed by atoms with Crippen molar-refractivity contribution in [3.63, 3.8) is 0 Å². The first kappa shape index (κ1) is 27.0. The highest BCUT2D eigenvalue weighted by atomic mass is 19.1. The van der Waals surface area contributed by atoms with Crippen molar-refractivity contribution in [2.24, 2.45) is 0 Å². The maximum absolute atomic E-state index is 13.3. The average Bonchev–Trinajstić information content (AvgIpc) is 3.22. The van der Waals surface area contributed by atoms with Crippen LogP contribution in [-0.2, 0) is 4.79 Å². The van der Waals surface area contributed by atoms with Crippen LogP contribution in [0.25, 0.3) is 11.3 Å². The third-order valence-electron chi connectivity index (χ3n) is 6.97. The van der Waals surface area contributed by atoms with Crippen LogP contribution in [-0.4, -0.2) is 77.7 Å². The predicted molar refractivity (Wildman–Crippen MR) is 145 cm³/mol. The van der Waals surface area contributed by atoms with Crippen LogP contribution in [0.3, 0.4) is 0 Å². The number of aromatic nitrogens is 2. The lowest BCUT2D eigenvalue weighted by Crippen LogP contribution is -2.47. The molecule has 0 saturated carbocycles. The van der Waals surface area contributed by atoms with Gasteiger partial charge in [0.15, 0.2) is 5.82 Å². The minimum absolute atomic E-state index is 0.0136. The number of rotatable bonds is 8. The SMILES string of the molecule is CCC(C)N(CC(=O)N1CCCN(c2ccc(-c3cccc(OC)c3)nn2)CC1)C(=O)c1ccc(F)cc1. The zero-order valence-electron chi connectivity index (χ0n) is 22.1. The Labute approximate surface area is 223 Å². The minimum atomic E-state index is -0.401. The van der Waals surface area contributed by atoms with Gasteiger partial charge < -0.3 is 19.4 Å². The number of anilines is 1. The highest BCUT2D eigenvalue weighted by molar-refractivity contribution is 5.96. The van der Waals surface area contributed by atoms with Crippen molar-refractivity contribution in [3.8, 4) is 17.0 Å². The number of hydrogen-bond acceptors (Lipinski definition) is 6. The highest BCUT2D eigenvalue weighted by Crippen LogP contribution is 2.23. The quantitative estimate of drug-likeness (QED) is 0.442. The number of nitrogens with zero attached hydrogens (tertiary/aromatic N) is 5. The molecule has 0 bridgehead atoms. The van der Waals surface area contributed by atoms with Crippen LogP contribution >= 0.6 is 0 Å². The molecule has 0 N–H and O–H groups in total. The van der Waals surface area contributed by atoms with E-state index < -0.39 is 5.82 Å². The van der Waals surface area contributed by atoms with Gasteiger partial charge in [-0.1, -0.05) is 19.1 Å². The summed E-state index contributed by atoms with van der Waals surface area (Å²) in [6, 6.07) is 16.9. The van der Waals surface area contributed by atoms with Crippen LogP contribution in [0.15, 0.2) is 60.7 Å². The summed E-state index contributed by atoms with van der Waals surface area (Å²) in [4.78, 5) is 32.0. The standard InChI is InChI=1S/C29H34FN5O3/c1-4-21(2)35(29(37)22-9-11-24(30)12-10-22)20-28(36)34-16-6-15-33(17-18-34)27-14-13-26(31-32-27)23-7-5-8-25(19-23)38-3/h5,7-14,19,21H,4,6,15-18,20H2,1-3H3. The summed E-state index contributed by atoms with van der Waals surface area (Å²) in [5.74, 6) is 0.759. The maximum atomic E-state index is 13.3. The molecule has 1 aliphatic rings. The molecule has 8 nitrogen and oxygen atoms in total.